The van der Waals surface area contributed by atoms with E-state index in [2.05, 4.69) is 27.1 Å². The predicted molar refractivity (Wildman–Crippen MR) is 191 cm³/mol. The molecule has 5 heterocycles. The quantitative estimate of drug-likeness (QED) is 0.309. The van der Waals surface area contributed by atoms with Crippen LogP contribution >= 0.6 is 0 Å². The number of nitrogens with zero attached hydrogens (tertiary/aromatic N) is 4. The van der Waals surface area contributed by atoms with Crippen molar-refractivity contribution in [2.75, 3.05) is 51.1 Å². The molecule has 0 radical (unpaired) electrons. The SMILES string of the molecule is Cc1cc(C[C@@H](OC(=O)N2CCC(N3CCc4ccccc4NC3=O)CC2)C(=O)N2CCC(N3CCC(C)(N)CC3)CC2)cc2[nH]c(=O)[nH]c12. The molecule has 4 aliphatic rings. The zero-order valence-electron chi connectivity index (χ0n) is 29.2. The second-order valence-corrected chi connectivity index (χ2v) is 15.0. The van der Waals surface area contributed by atoms with Crippen LogP contribution in [0.4, 0.5) is 15.3 Å². The van der Waals surface area contributed by atoms with Crippen LogP contribution in [0.5, 0.6) is 0 Å². The first-order valence-corrected chi connectivity index (χ1v) is 18.2. The standard InChI is InChI=1S/C37H50N8O5/c1-24-21-25(22-30-32(24)41-34(47)39-30)23-31(33(46)43-14-8-27(9-15-43)42-19-12-37(2,38)13-20-42)50-36(49)44-16-10-28(11-17-44)45-18-7-26-5-3-4-6-29(26)40-35(45)48/h3-6,21-22,27-28,31H,7-20,23,38H2,1-2H3,(H,40,48)(H2,39,41,47)/t31-/m1/s1. The number of likely N-dealkylation sites (tertiary alicyclic amines) is 3. The maximum atomic E-state index is 14.1. The van der Waals surface area contributed by atoms with E-state index in [1.807, 2.05) is 53.1 Å². The summed E-state index contributed by atoms with van der Waals surface area (Å²) in [5.41, 5.74) is 11.0. The molecule has 0 bridgehead atoms. The Balaban J connectivity index is 1.01. The number of aromatic nitrogens is 2. The van der Waals surface area contributed by atoms with Gasteiger partial charge in [0.2, 0.25) is 0 Å². The van der Waals surface area contributed by atoms with Crippen LogP contribution in [0.15, 0.2) is 41.2 Å². The molecule has 0 spiro atoms. The largest absolute Gasteiger partial charge is 0.436 e. The number of para-hydroxylation sites is 1. The highest BCUT2D eigenvalue weighted by Gasteiger charge is 2.37. The Bertz CT molecular complexity index is 1780. The number of carbonyl (C=O) groups excluding carboxylic acids is 3. The minimum atomic E-state index is -1.01. The van der Waals surface area contributed by atoms with E-state index in [-0.39, 0.29) is 35.6 Å². The number of hydrogen-bond acceptors (Lipinski definition) is 7. The molecule has 4 aliphatic heterocycles. The average molecular weight is 687 g/mol. The molecule has 7 rings (SSSR count). The molecule has 13 nitrogen and oxygen atoms in total. The predicted octanol–water partition coefficient (Wildman–Crippen LogP) is 3.57. The average Bonchev–Trinajstić information content (AvgIpc) is 3.40. The Labute approximate surface area is 292 Å². The van der Waals surface area contributed by atoms with E-state index in [1.165, 1.54) is 0 Å². The normalized spacial score (nSPS) is 21.4. The number of aryl methyl sites for hydroxylation is 1. The van der Waals surface area contributed by atoms with Gasteiger partial charge in [-0.2, -0.15) is 0 Å². The fraction of sp³-hybridized carbons (Fsp3) is 0.568. The fourth-order valence-electron chi connectivity index (χ4n) is 8.25. The number of rotatable bonds is 6. The van der Waals surface area contributed by atoms with Crippen LogP contribution in [0.2, 0.25) is 0 Å². The van der Waals surface area contributed by atoms with Crippen molar-refractivity contribution in [1.82, 2.24) is 29.6 Å². The lowest BCUT2D eigenvalue weighted by Crippen LogP contribution is -2.55. The summed E-state index contributed by atoms with van der Waals surface area (Å²) in [5, 5.41) is 3.05. The van der Waals surface area contributed by atoms with E-state index >= 15 is 0 Å². The van der Waals surface area contributed by atoms with Crippen molar-refractivity contribution in [2.45, 2.75) is 88.9 Å². The molecule has 50 heavy (non-hydrogen) atoms. The smallest absolute Gasteiger partial charge is 0.410 e. The summed E-state index contributed by atoms with van der Waals surface area (Å²) >= 11 is 0. The van der Waals surface area contributed by atoms with Crippen LogP contribution in [0.3, 0.4) is 0 Å². The number of anilines is 1. The number of nitrogens with one attached hydrogen (secondary N) is 3. The third-order valence-corrected chi connectivity index (χ3v) is 11.4. The van der Waals surface area contributed by atoms with Crippen LogP contribution in [-0.4, -0.2) is 117 Å². The van der Waals surface area contributed by atoms with Gasteiger partial charge >= 0.3 is 17.8 Å². The summed E-state index contributed by atoms with van der Waals surface area (Å²) in [6, 6.07) is 12.0. The summed E-state index contributed by atoms with van der Waals surface area (Å²) < 4.78 is 6.10. The Morgan fingerprint density at radius 3 is 2.34 bits per heavy atom. The summed E-state index contributed by atoms with van der Waals surface area (Å²) in [6.07, 6.45) is 4.36. The minimum absolute atomic E-state index is 0.00352. The Hall–Kier alpha value is -4.36. The first kappa shape index (κ1) is 34.1. The van der Waals surface area contributed by atoms with Crippen LogP contribution in [0.25, 0.3) is 11.0 Å². The molecular formula is C37H50N8O5. The van der Waals surface area contributed by atoms with Crippen molar-refractivity contribution in [3.05, 3.63) is 63.6 Å². The number of fused-ring (bicyclic) bond motifs is 2. The number of imidazole rings is 1. The fourth-order valence-corrected chi connectivity index (χ4v) is 8.25. The Morgan fingerprint density at radius 2 is 1.60 bits per heavy atom. The second kappa shape index (κ2) is 14.1. The molecule has 13 heteroatoms. The van der Waals surface area contributed by atoms with Crippen molar-refractivity contribution in [1.29, 1.82) is 0 Å². The molecule has 0 unspecified atom stereocenters. The van der Waals surface area contributed by atoms with Crippen LogP contribution in [0.1, 0.15) is 62.1 Å². The van der Waals surface area contributed by atoms with E-state index in [0.717, 1.165) is 73.1 Å². The van der Waals surface area contributed by atoms with Gasteiger partial charge in [0.05, 0.1) is 11.0 Å². The van der Waals surface area contributed by atoms with Gasteiger partial charge in [0.15, 0.2) is 6.10 Å². The molecular weight excluding hydrogens is 636 g/mol. The highest BCUT2D eigenvalue weighted by atomic mass is 16.6. The number of benzene rings is 2. The molecule has 3 fully saturated rings. The van der Waals surface area contributed by atoms with Gasteiger partial charge < -0.3 is 45.4 Å². The molecule has 3 aromatic rings. The van der Waals surface area contributed by atoms with E-state index in [0.29, 0.717) is 57.1 Å². The van der Waals surface area contributed by atoms with Gasteiger partial charge in [-0.15, -0.1) is 0 Å². The molecule has 5 N–H and O–H groups in total. The molecule has 0 saturated carbocycles. The van der Waals surface area contributed by atoms with Gasteiger partial charge in [0.1, 0.15) is 0 Å². The summed E-state index contributed by atoms with van der Waals surface area (Å²) in [4.78, 5) is 66.5. The van der Waals surface area contributed by atoms with E-state index in [4.69, 9.17) is 10.5 Å². The third kappa shape index (κ3) is 7.39. The van der Waals surface area contributed by atoms with E-state index in [9.17, 15) is 19.2 Å². The number of piperidine rings is 3. The lowest BCUT2D eigenvalue weighted by atomic mass is 9.89. The zero-order valence-corrected chi connectivity index (χ0v) is 29.2. The maximum absolute atomic E-state index is 14.1. The van der Waals surface area contributed by atoms with Gasteiger partial charge in [0, 0.05) is 75.5 Å². The first-order valence-electron chi connectivity index (χ1n) is 18.2. The van der Waals surface area contributed by atoms with Gasteiger partial charge in [-0.05, 0) is 87.6 Å². The number of carbonyl (C=O) groups is 3. The Morgan fingerprint density at radius 1 is 0.920 bits per heavy atom. The van der Waals surface area contributed by atoms with Gasteiger partial charge in [-0.25, -0.2) is 14.4 Å². The van der Waals surface area contributed by atoms with Gasteiger partial charge in [-0.1, -0.05) is 24.3 Å². The number of amides is 4. The van der Waals surface area contributed by atoms with Gasteiger partial charge in [-0.3, -0.25) is 4.79 Å². The number of hydrogen-bond donors (Lipinski definition) is 4. The first-order chi connectivity index (χ1) is 24.0. The van der Waals surface area contributed by atoms with E-state index in [1.54, 1.807) is 4.90 Å². The summed E-state index contributed by atoms with van der Waals surface area (Å²) in [6.45, 7) is 8.66. The third-order valence-electron chi connectivity index (χ3n) is 11.4. The number of urea groups is 1. The molecule has 1 atom stereocenters. The van der Waals surface area contributed by atoms with Crippen molar-refractivity contribution >= 4 is 34.8 Å². The monoisotopic (exact) mass is 686 g/mol. The van der Waals surface area contributed by atoms with Gasteiger partial charge in [0.25, 0.3) is 5.91 Å². The van der Waals surface area contributed by atoms with Crippen molar-refractivity contribution in [3.8, 4) is 0 Å². The van der Waals surface area contributed by atoms with Crippen molar-refractivity contribution < 1.29 is 19.1 Å². The van der Waals surface area contributed by atoms with Crippen LogP contribution in [0, 0.1) is 6.92 Å². The van der Waals surface area contributed by atoms with Crippen LogP contribution < -0.4 is 16.7 Å². The lowest BCUT2D eigenvalue weighted by Gasteiger charge is -2.44. The maximum Gasteiger partial charge on any atom is 0.410 e. The number of H-pyrrole nitrogens is 2. The number of ether oxygens (including phenoxy) is 1. The Kier molecular flexibility index (Phi) is 9.62. The highest BCUT2D eigenvalue weighted by molar-refractivity contribution is 5.91. The van der Waals surface area contributed by atoms with Crippen molar-refractivity contribution in [3.63, 3.8) is 0 Å². The number of nitrogens with two attached hydrogens (primary N) is 1. The van der Waals surface area contributed by atoms with E-state index < -0.39 is 12.2 Å². The topological polar surface area (TPSA) is 160 Å². The molecule has 268 valence electrons. The molecule has 4 amide bonds. The molecule has 1 aromatic heterocycles. The molecule has 2 aromatic carbocycles. The van der Waals surface area contributed by atoms with Crippen LogP contribution in [-0.2, 0) is 22.4 Å². The molecule has 0 aliphatic carbocycles. The lowest BCUT2D eigenvalue weighted by molar-refractivity contribution is -0.142. The van der Waals surface area contributed by atoms with Crippen molar-refractivity contribution in [2.24, 2.45) is 5.73 Å². The molecule has 3 saturated heterocycles. The number of aromatic amines is 2. The zero-order chi connectivity index (χ0) is 35.0. The highest BCUT2D eigenvalue weighted by Crippen LogP contribution is 2.28. The minimum Gasteiger partial charge on any atom is -0.436 e. The second-order valence-electron chi connectivity index (χ2n) is 15.0. The summed E-state index contributed by atoms with van der Waals surface area (Å²) in [7, 11) is 0. The summed E-state index contributed by atoms with van der Waals surface area (Å²) in [5.74, 6) is -0.194.